The fraction of sp³-hybridized carbons (Fsp3) is 0.318. The number of aromatic nitrogens is 3. The Labute approximate surface area is 190 Å². The summed E-state index contributed by atoms with van der Waals surface area (Å²) in [5.74, 6) is 1.79. The number of nitrogens with zero attached hydrogens (tertiary/aromatic N) is 2. The van der Waals surface area contributed by atoms with E-state index in [1.807, 2.05) is 41.8 Å². The summed E-state index contributed by atoms with van der Waals surface area (Å²) in [7, 11) is 0. The number of aromatic amines is 1. The zero-order valence-electron chi connectivity index (χ0n) is 17.1. The molecule has 9 heteroatoms. The van der Waals surface area contributed by atoms with Crippen LogP contribution in [0.25, 0.3) is 11.4 Å². The van der Waals surface area contributed by atoms with Gasteiger partial charge in [0.2, 0.25) is 5.91 Å². The molecule has 1 amide bonds. The first-order valence-electron chi connectivity index (χ1n) is 10.1. The van der Waals surface area contributed by atoms with Crippen molar-refractivity contribution >= 4 is 29.7 Å². The third-order valence-electron chi connectivity index (χ3n) is 4.98. The molecule has 0 fully saturated rings. The van der Waals surface area contributed by atoms with Crippen LogP contribution in [-0.4, -0.2) is 33.9 Å². The fourth-order valence-electron chi connectivity index (χ4n) is 3.34. The minimum Gasteiger partial charge on any atom is -0.489 e. The Bertz CT molecular complexity index is 1140. The molecular formula is C22H23ClN4O3S. The van der Waals surface area contributed by atoms with E-state index in [4.69, 9.17) is 33.3 Å². The number of carbonyl (C=O) groups excluding carboxylic acids is 1. The molecular weight excluding hydrogens is 436 g/mol. The molecule has 0 saturated carbocycles. The fourth-order valence-corrected chi connectivity index (χ4v) is 3.85. The van der Waals surface area contributed by atoms with E-state index in [-0.39, 0.29) is 12.3 Å². The van der Waals surface area contributed by atoms with Crippen molar-refractivity contribution in [3.8, 4) is 22.9 Å². The molecule has 31 heavy (non-hydrogen) atoms. The number of nitrogens with one attached hydrogen (secondary N) is 2. The molecule has 2 aromatic carbocycles. The molecule has 1 aliphatic rings. The van der Waals surface area contributed by atoms with E-state index < -0.39 is 0 Å². The Morgan fingerprint density at radius 2 is 2.03 bits per heavy atom. The predicted molar refractivity (Wildman–Crippen MR) is 121 cm³/mol. The predicted octanol–water partition coefficient (Wildman–Crippen LogP) is 4.44. The zero-order valence-corrected chi connectivity index (χ0v) is 18.7. The Morgan fingerprint density at radius 3 is 2.84 bits per heavy atom. The minimum atomic E-state index is -0.0961. The van der Waals surface area contributed by atoms with Crippen LogP contribution in [0.15, 0.2) is 36.4 Å². The van der Waals surface area contributed by atoms with Crippen LogP contribution in [0.1, 0.15) is 24.0 Å². The third kappa shape index (κ3) is 5.08. The minimum absolute atomic E-state index is 0.0961. The van der Waals surface area contributed by atoms with Crippen LogP contribution < -0.4 is 14.8 Å². The Balaban J connectivity index is 1.38. The van der Waals surface area contributed by atoms with E-state index in [1.165, 1.54) is 5.56 Å². The van der Waals surface area contributed by atoms with Crippen LogP contribution >= 0.6 is 23.8 Å². The molecule has 162 valence electrons. The second-order valence-corrected chi connectivity index (χ2v) is 8.15. The number of amides is 1. The molecule has 3 aromatic rings. The quantitative estimate of drug-likeness (QED) is 0.534. The van der Waals surface area contributed by atoms with Gasteiger partial charge < -0.3 is 14.8 Å². The average molecular weight is 459 g/mol. The molecule has 0 unspecified atom stereocenters. The maximum absolute atomic E-state index is 12.5. The van der Waals surface area contributed by atoms with E-state index in [2.05, 4.69) is 15.5 Å². The average Bonchev–Trinajstić information content (AvgIpc) is 2.96. The highest BCUT2D eigenvalue weighted by Crippen LogP contribution is 2.37. The van der Waals surface area contributed by atoms with Crippen molar-refractivity contribution in [2.45, 2.75) is 32.9 Å². The van der Waals surface area contributed by atoms with Crippen LogP contribution in [-0.2, 0) is 17.9 Å². The number of hydrogen-bond donors (Lipinski definition) is 2. The first-order chi connectivity index (χ1) is 15.0. The van der Waals surface area contributed by atoms with Crippen LogP contribution in [0.3, 0.4) is 0 Å². The number of aryl methyl sites for hydroxylation is 1. The van der Waals surface area contributed by atoms with Gasteiger partial charge in [0.1, 0.15) is 0 Å². The normalized spacial score (nSPS) is 13.0. The smallest absolute Gasteiger partial charge is 0.222 e. The van der Waals surface area contributed by atoms with E-state index >= 15 is 0 Å². The molecule has 0 atom stereocenters. The third-order valence-corrected chi connectivity index (χ3v) is 5.57. The van der Waals surface area contributed by atoms with Gasteiger partial charge in [-0.05, 0) is 36.8 Å². The van der Waals surface area contributed by atoms with Crippen molar-refractivity contribution in [3.05, 3.63) is 57.3 Å². The molecule has 1 aliphatic heterocycles. The summed E-state index contributed by atoms with van der Waals surface area (Å²) in [6.07, 6.45) is 1.07. The summed E-state index contributed by atoms with van der Waals surface area (Å²) in [5.41, 5.74) is 2.96. The lowest BCUT2D eigenvalue weighted by Gasteiger charge is -2.12. The number of carbonyl (C=O) groups is 1. The van der Waals surface area contributed by atoms with Gasteiger partial charge in [0, 0.05) is 31.5 Å². The van der Waals surface area contributed by atoms with Crippen LogP contribution in [0.5, 0.6) is 11.5 Å². The molecule has 0 bridgehead atoms. The summed E-state index contributed by atoms with van der Waals surface area (Å²) >= 11 is 11.7. The van der Waals surface area contributed by atoms with Gasteiger partial charge >= 0.3 is 0 Å². The van der Waals surface area contributed by atoms with Gasteiger partial charge in [-0.2, -0.15) is 5.10 Å². The van der Waals surface area contributed by atoms with E-state index in [9.17, 15) is 4.79 Å². The van der Waals surface area contributed by atoms with Crippen molar-refractivity contribution in [2.75, 3.05) is 13.2 Å². The van der Waals surface area contributed by atoms with Gasteiger partial charge in [-0.15, -0.1) is 0 Å². The van der Waals surface area contributed by atoms with Crippen molar-refractivity contribution < 1.29 is 14.3 Å². The van der Waals surface area contributed by atoms with E-state index in [0.717, 1.165) is 17.5 Å². The highest BCUT2D eigenvalue weighted by molar-refractivity contribution is 7.71. The number of ether oxygens (including phenoxy) is 2. The first-order valence-corrected chi connectivity index (χ1v) is 10.9. The van der Waals surface area contributed by atoms with Crippen molar-refractivity contribution in [1.29, 1.82) is 0 Å². The maximum atomic E-state index is 12.5. The lowest BCUT2D eigenvalue weighted by Crippen LogP contribution is -2.24. The van der Waals surface area contributed by atoms with E-state index in [1.54, 1.807) is 6.07 Å². The monoisotopic (exact) mass is 458 g/mol. The van der Waals surface area contributed by atoms with Gasteiger partial charge in [-0.25, -0.2) is 0 Å². The molecule has 0 spiro atoms. The number of hydrogen-bond acceptors (Lipinski definition) is 5. The maximum Gasteiger partial charge on any atom is 0.222 e. The van der Waals surface area contributed by atoms with Gasteiger partial charge in [0.15, 0.2) is 22.1 Å². The highest BCUT2D eigenvalue weighted by atomic mass is 35.5. The Kier molecular flexibility index (Phi) is 6.58. The van der Waals surface area contributed by atoms with Gasteiger partial charge in [0.25, 0.3) is 0 Å². The summed E-state index contributed by atoms with van der Waals surface area (Å²) < 4.78 is 13.7. The van der Waals surface area contributed by atoms with E-state index in [0.29, 0.717) is 53.4 Å². The SMILES string of the molecule is Cc1ccc(-c2n[nH]c(=S)n2CCC(=O)NCc2cc(Cl)c3c(c2)OCCCO3)cc1. The highest BCUT2D eigenvalue weighted by Gasteiger charge is 2.16. The van der Waals surface area contributed by atoms with Crippen molar-refractivity contribution in [2.24, 2.45) is 0 Å². The Morgan fingerprint density at radius 1 is 1.26 bits per heavy atom. The van der Waals surface area contributed by atoms with Gasteiger partial charge in [-0.1, -0.05) is 41.4 Å². The number of halogens is 1. The molecule has 1 aromatic heterocycles. The number of rotatable bonds is 6. The number of H-pyrrole nitrogens is 1. The number of benzene rings is 2. The Hall–Kier alpha value is -2.84. The first kappa shape index (κ1) is 21.4. The molecule has 4 rings (SSSR count). The summed E-state index contributed by atoms with van der Waals surface area (Å²) in [5, 5.41) is 10.5. The zero-order chi connectivity index (χ0) is 21.8. The summed E-state index contributed by atoms with van der Waals surface area (Å²) in [4.78, 5) is 12.5. The molecule has 2 N–H and O–H groups in total. The van der Waals surface area contributed by atoms with Crippen molar-refractivity contribution in [3.63, 3.8) is 0 Å². The lowest BCUT2D eigenvalue weighted by molar-refractivity contribution is -0.121. The summed E-state index contributed by atoms with van der Waals surface area (Å²) in [6, 6.07) is 11.7. The lowest BCUT2D eigenvalue weighted by atomic mass is 10.1. The standard InChI is InChI=1S/C22H23ClN4O3S/c1-14-3-5-16(6-4-14)21-25-26-22(31)27(21)8-7-19(28)24-13-15-11-17(23)20-18(12-15)29-9-2-10-30-20/h3-6,11-12H,2,7-10,13H2,1H3,(H,24,28)(H,26,31). The van der Waals surface area contributed by atoms with Crippen LogP contribution in [0.4, 0.5) is 0 Å². The second kappa shape index (κ2) is 9.53. The number of fused-ring (bicyclic) bond motifs is 1. The van der Waals surface area contributed by atoms with Gasteiger partial charge in [-0.3, -0.25) is 14.5 Å². The topological polar surface area (TPSA) is 81.2 Å². The van der Waals surface area contributed by atoms with Crippen LogP contribution in [0.2, 0.25) is 5.02 Å². The largest absolute Gasteiger partial charge is 0.489 e. The summed E-state index contributed by atoms with van der Waals surface area (Å²) in [6.45, 7) is 3.95. The molecule has 0 aliphatic carbocycles. The molecule has 2 heterocycles. The molecule has 7 nitrogen and oxygen atoms in total. The van der Waals surface area contributed by atoms with Crippen LogP contribution in [0, 0.1) is 11.7 Å². The van der Waals surface area contributed by atoms with Crippen molar-refractivity contribution in [1.82, 2.24) is 20.1 Å². The van der Waals surface area contributed by atoms with Gasteiger partial charge in [0.05, 0.1) is 18.2 Å². The molecule has 0 saturated heterocycles. The molecule has 0 radical (unpaired) electrons. The second-order valence-electron chi connectivity index (χ2n) is 7.35.